The maximum Gasteiger partial charge on any atom is 0.305 e. The van der Waals surface area contributed by atoms with Gasteiger partial charge in [0.2, 0.25) is 12.1 Å². The number of hydrogen-bond donors (Lipinski definition) is 0. The minimum Gasteiger partial charge on any atom is -1.00 e. The van der Waals surface area contributed by atoms with Crippen LogP contribution in [0, 0.1) is 0 Å². The molecule has 6 nitrogen and oxygen atoms in total. The lowest BCUT2D eigenvalue weighted by Crippen LogP contribution is -3.00. The monoisotopic (exact) mass is 438 g/mol. The quantitative estimate of drug-likeness (QED) is 0.211. The molecule has 0 fully saturated rings. The van der Waals surface area contributed by atoms with E-state index in [1.165, 1.54) is 0 Å². The highest BCUT2D eigenvalue weighted by Gasteiger charge is 2.12. The number of carbonyl (C=O) groups excluding carboxylic acids is 2. The Kier molecular flexibility index (Phi) is 10.4. The molecular weight excluding hydrogens is 412 g/mol. The Bertz CT molecular complexity index is 713. The zero-order valence-electron chi connectivity index (χ0n) is 15.9. The number of carbonyl (C=O) groups is 2. The van der Waals surface area contributed by atoms with Crippen LogP contribution in [0.4, 0.5) is 0 Å². The Hall–Kier alpha value is -2.15. The summed E-state index contributed by atoms with van der Waals surface area (Å²) >= 11 is 0. The molecule has 0 radical (unpaired) electrons. The van der Waals surface area contributed by atoms with E-state index in [2.05, 4.69) is 4.57 Å². The van der Waals surface area contributed by atoms with Gasteiger partial charge in [0.25, 0.3) is 0 Å². The van der Waals surface area contributed by atoms with Gasteiger partial charge in [-0.15, -0.1) is 0 Å². The SMILES string of the molecule is CCOC(=O)CCCCCn1cc[n+](CC(=O)c2ccc(OC)cc2)c1.[Br-]. The summed E-state index contributed by atoms with van der Waals surface area (Å²) in [7, 11) is 1.60. The molecule has 0 aliphatic carbocycles. The van der Waals surface area contributed by atoms with Crippen LogP contribution in [-0.2, 0) is 22.6 Å². The van der Waals surface area contributed by atoms with Gasteiger partial charge in [0.05, 0.1) is 20.3 Å². The van der Waals surface area contributed by atoms with E-state index in [1.54, 1.807) is 31.4 Å². The maximum atomic E-state index is 12.3. The number of unbranched alkanes of at least 4 members (excludes halogenated alkanes) is 2. The van der Waals surface area contributed by atoms with Crippen molar-refractivity contribution in [2.24, 2.45) is 0 Å². The summed E-state index contributed by atoms with van der Waals surface area (Å²) in [4.78, 5) is 23.6. The number of ketones is 1. The van der Waals surface area contributed by atoms with Crippen LogP contribution in [0.5, 0.6) is 5.75 Å². The number of aromatic nitrogens is 2. The van der Waals surface area contributed by atoms with Gasteiger partial charge in [-0.1, -0.05) is 0 Å². The molecule has 2 rings (SSSR count). The van der Waals surface area contributed by atoms with E-state index < -0.39 is 0 Å². The van der Waals surface area contributed by atoms with Crippen LogP contribution in [0.25, 0.3) is 0 Å². The second-order valence-electron chi connectivity index (χ2n) is 6.09. The zero-order chi connectivity index (χ0) is 18.8. The molecule has 0 spiro atoms. The summed E-state index contributed by atoms with van der Waals surface area (Å²) in [5.74, 6) is 0.677. The van der Waals surface area contributed by atoms with Gasteiger partial charge in [-0.05, 0) is 50.5 Å². The summed E-state index contributed by atoms with van der Waals surface area (Å²) in [5, 5.41) is 0. The fraction of sp³-hybridized carbons (Fsp3) is 0.450. The van der Waals surface area contributed by atoms with Crippen molar-refractivity contribution in [2.75, 3.05) is 13.7 Å². The highest BCUT2D eigenvalue weighted by atomic mass is 79.9. The van der Waals surface area contributed by atoms with Crippen LogP contribution in [-0.4, -0.2) is 30.0 Å². The number of nitrogens with zero attached hydrogens (tertiary/aromatic N) is 2. The van der Waals surface area contributed by atoms with E-state index in [0.717, 1.165) is 31.6 Å². The number of halogens is 1. The standard InChI is InChI=1S/C20H27N2O4.BrH/c1-3-26-20(24)7-5-4-6-12-21-13-14-22(16-21)15-19(23)17-8-10-18(25-2)11-9-17;/h8-11,13-14,16H,3-7,12,15H2,1-2H3;1H/q+1;/p-1. The van der Waals surface area contributed by atoms with E-state index in [1.807, 2.05) is 30.2 Å². The molecule has 0 aliphatic rings. The first-order valence-electron chi connectivity index (χ1n) is 9.00. The van der Waals surface area contributed by atoms with Crippen molar-refractivity contribution >= 4 is 11.8 Å². The smallest absolute Gasteiger partial charge is 0.305 e. The Labute approximate surface area is 170 Å². The molecular formula is C20H27BrN2O4. The normalized spacial score (nSPS) is 10.1. The average molecular weight is 439 g/mol. The van der Waals surface area contributed by atoms with Crippen molar-refractivity contribution in [1.29, 1.82) is 0 Å². The third kappa shape index (κ3) is 7.95. The predicted molar refractivity (Wildman–Crippen MR) is 97.1 cm³/mol. The fourth-order valence-corrected chi connectivity index (χ4v) is 2.67. The number of hydrogen-bond acceptors (Lipinski definition) is 4. The van der Waals surface area contributed by atoms with Gasteiger partial charge in [-0.3, -0.25) is 9.59 Å². The van der Waals surface area contributed by atoms with Crippen LogP contribution in [0.15, 0.2) is 43.0 Å². The number of rotatable bonds is 11. The second kappa shape index (κ2) is 12.3. The number of methoxy groups -OCH3 is 1. The van der Waals surface area contributed by atoms with Gasteiger partial charge in [-0.25, -0.2) is 9.13 Å². The number of Topliss-reactive ketones (excluding diaryl/α,β-unsaturated/α-hetero) is 1. The second-order valence-corrected chi connectivity index (χ2v) is 6.09. The first-order chi connectivity index (χ1) is 12.6. The van der Waals surface area contributed by atoms with E-state index >= 15 is 0 Å². The van der Waals surface area contributed by atoms with Crippen LogP contribution in [0.3, 0.4) is 0 Å². The Morgan fingerprint density at radius 1 is 1.11 bits per heavy atom. The van der Waals surface area contributed by atoms with Gasteiger partial charge in [0, 0.05) is 12.0 Å². The van der Waals surface area contributed by atoms with E-state index in [-0.39, 0.29) is 28.7 Å². The molecule has 0 saturated carbocycles. The fourth-order valence-electron chi connectivity index (χ4n) is 2.67. The largest absolute Gasteiger partial charge is 1.00 e. The van der Waals surface area contributed by atoms with Gasteiger partial charge < -0.3 is 26.5 Å². The van der Waals surface area contributed by atoms with E-state index in [4.69, 9.17) is 9.47 Å². The van der Waals surface area contributed by atoms with Gasteiger partial charge in [0.15, 0.2) is 6.54 Å². The van der Waals surface area contributed by atoms with Crippen molar-refractivity contribution in [1.82, 2.24) is 4.57 Å². The number of aryl methyl sites for hydroxylation is 1. The molecule has 0 atom stereocenters. The van der Waals surface area contributed by atoms with Crippen molar-refractivity contribution in [2.45, 2.75) is 45.7 Å². The van der Waals surface area contributed by atoms with E-state index in [0.29, 0.717) is 25.1 Å². The number of imidazole rings is 1. The molecule has 1 aromatic heterocycles. The molecule has 0 unspecified atom stereocenters. The van der Waals surface area contributed by atoms with Gasteiger partial charge in [-0.2, -0.15) is 0 Å². The zero-order valence-corrected chi connectivity index (χ0v) is 17.5. The summed E-state index contributed by atoms with van der Waals surface area (Å²) in [6, 6.07) is 7.14. The first kappa shape index (κ1) is 22.9. The Morgan fingerprint density at radius 2 is 1.85 bits per heavy atom. The van der Waals surface area contributed by atoms with Crippen LogP contribution in [0.1, 0.15) is 43.0 Å². The molecule has 0 saturated heterocycles. The lowest BCUT2D eigenvalue weighted by molar-refractivity contribution is -0.682. The van der Waals surface area contributed by atoms with Gasteiger partial charge >= 0.3 is 5.97 Å². The van der Waals surface area contributed by atoms with Crippen molar-refractivity contribution in [3.63, 3.8) is 0 Å². The molecule has 0 amide bonds. The number of esters is 1. The van der Waals surface area contributed by atoms with Gasteiger partial charge in [0.1, 0.15) is 18.1 Å². The van der Waals surface area contributed by atoms with Crippen molar-refractivity contribution < 1.29 is 40.6 Å². The van der Waals surface area contributed by atoms with E-state index in [9.17, 15) is 9.59 Å². The molecule has 148 valence electrons. The molecule has 0 bridgehead atoms. The molecule has 7 heteroatoms. The third-order valence-electron chi connectivity index (χ3n) is 4.09. The molecule has 2 aromatic rings. The first-order valence-corrected chi connectivity index (χ1v) is 9.00. The van der Waals surface area contributed by atoms with Crippen LogP contribution >= 0.6 is 0 Å². The molecule has 1 heterocycles. The Morgan fingerprint density at radius 3 is 2.52 bits per heavy atom. The average Bonchev–Trinajstić information content (AvgIpc) is 3.09. The molecule has 1 aromatic carbocycles. The number of benzene rings is 1. The lowest BCUT2D eigenvalue weighted by atomic mass is 10.1. The minimum absolute atomic E-state index is 0. The molecule has 0 aliphatic heterocycles. The van der Waals surface area contributed by atoms with Crippen LogP contribution in [0.2, 0.25) is 0 Å². The molecule has 27 heavy (non-hydrogen) atoms. The minimum atomic E-state index is -0.122. The summed E-state index contributed by atoms with van der Waals surface area (Å²) < 4.78 is 14.0. The van der Waals surface area contributed by atoms with Crippen molar-refractivity contribution in [3.8, 4) is 5.75 Å². The topological polar surface area (TPSA) is 61.4 Å². The Balaban J connectivity index is 0.00000364. The third-order valence-corrected chi connectivity index (χ3v) is 4.09. The number of ether oxygens (including phenoxy) is 2. The highest BCUT2D eigenvalue weighted by Crippen LogP contribution is 2.11. The maximum absolute atomic E-state index is 12.3. The van der Waals surface area contributed by atoms with Crippen LogP contribution < -0.4 is 26.3 Å². The van der Waals surface area contributed by atoms with Crippen molar-refractivity contribution in [3.05, 3.63) is 48.5 Å². The predicted octanol–water partition coefficient (Wildman–Crippen LogP) is -0.205. The molecule has 0 N–H and O–H groups in total. The summed E-state index contributed by atoms with van der Waals surface area (Å²) in [6.45, 7) is 3.44. The summed E-state index contributed by atoms with van der Waals surface area (Å²) in [6.07, 6.45) is 9.09. The highest BCUT2D eigenvalue weighted by molar-refractivity contribution is 5.95. The summed E-state index contributed by atoms with van der Waals surface area (Å²) in [5.41, 5.74) is 0.671. The lowest BCUT2D eigenvalue weighted by Gasteiger charge is -2.02.